The predicted molar refractivity (Wildman–Crippen MR) is 321 cm³/mol. The van der Waals surface area contributed by atoms with E-state index in [1.807, 2.05) is 0 Å². The molecule has 1 atom stereocenters. The second kappa shape index (κ2) is 62.4. The lowest BCUT2D eigenvalue weighted by atomic mass is 10.0. The van der Waals surface area contributed by atoms with Crippen LogP contribution in [0.2, 0.25) is 0 Å². The van der Waals surface area contributed by atoms with Gasteiger partial charge in [0.05, 0.1) is 0 Å². The van der Waals surface area contributed by atoms with E-state index in [4.69, 9.17) is 14.2 Å². The average molecular weight is 1030 g/mol. The van der Waals surface area contributed by atoms with Crippen molar-refractivity contribution in [3.63, 3.8) is 0 Å². The molecule has 6 nitrogen and oxygen atoms in total. The molecule has 0 radical (unpaired) electrons. The van der Waals surface area contributed by atoms with Gasteiger partial charge in [0.2, 0.25) is 0 Å². The Hall–Kier alpha value is -3.15. The van der Waals surface area contributed by atoms with E-state index >= 15 is 0 Å². The first-order valence-electron chi connectivity index (χ1n) is 31.9. The van der Waals surface area contributed by atoms with Crippen LogP contribution in [0.4, 0.5) is 0 Å². The highest BCUT2D eigenvalue weighted by atomic mass is 16.6. The van der Waals surface area contributed by atoms with Gasteiger partial charge in [-0.3, -0.25) is 14.4 Å². The molecule has 0 aliphatic carbocycles. The van der Waals surface area contributed by atoms with Gasteiger partial charge in [-0.1, -0.05) is 286 Å². The summed E-state index contributed by atoms with van der Waals surface area (Å²) in [6, 6.07) is 0. The summed E-state index contributed by atoms with van der Waals surface area (Å²) in [6.07, 6.45) is 80.4. The van der Waals surface area contributed by atoms with E-state index < -0.39 is 6.10 Å². The van der Waals surface area contributed by atoms with E-state index in [-0.39, 0.29) is 31.1 Å². The molecule has 1 unspecified atom stereocenters. The second-order valence-electron chi connectivity index (χ2n) is 21.3. The summed E-state index contributed by atoms with van der Waals surface area (Å²) >= 11 is 0. The van der Waals surface area contributed by atoms with E-state index in [0.717, 1.165) is 103 Å². The number of esters is 3. The number of ether oxygens (including phenoxy) is 3. The summed E-state index contributed by atoms with van der Waals surface area (Å²) in [5, 5.41) is 0. The van der Waals surface area contributed by atoms with Crippen LogP contribution in [0, 0.1) is 0 Å². The Kier molecular flexibility index (Phi) is 59.7. The van der Waals surface area contributed by atoms with Gasteiger partial charge in [-0.05, 0) is 89.9 Å². The van der Waals surface area contributed by atoms with Crippen molar-refractivity contribution in [2.24, 2.45) is 0 Å². The predicted octanol–water partition coefficient (Wildman–Crippen LogP) is 21.7. The van der Waals surface area contributed by atoms with Crippen LogP contribution in [-0.2, 0) is 28.6 Å². The molecule has 0 aromatic rings. The van der Waals surface area contributed by atoms with Crippen LogP contribution >= 0.6 is 0 Å². The first-order valence-corrected chi connectivity index (χ1v) is 31.9. The summed E-state index contributed by atoms with van der Waals surface area (Å²) in [6.45, 7) is 6.54. The Balaban J connectivity index is 4.35. The number of rotatable bonds is 58. The van der Waals surface area contributed by atoms with Gasteiger partial charge in [-0.15, -0.1) is 0 Å². The van der Waals surface area contributed by atoms with Crippen LogP contribution in [0.3, 0.4) is 0 Å². The highest BCUT2D eigenvalue weighted by Gasteiger charge is 2.19. The summed E-state index contributed by atoms with van der Waals surface area (Å²) in [5.41, 5.74) is 0. The molecule has 0 spiro atoms. The molecule has 0 heterocycles. The summed E-state index contributed by atoms with van der Waals surface area (Å²) in [7, 11) is 0. The lowest BCUT2D eigenvalue weighted by molar-refractivity contribution is -0.167. The summed E-state index contributed by atoms with van der Waals surface area (Å²) in [4.78, 5) is 38.3. The molecule has 6 heteroatoms. The van der Waals surface area contributed by atoms with E-state index in [1.54, 1.807) is 0 Å². The minimum absolute atomic E-state index is 0.0792. The van der Waals surface area contributed by atoms with Crippen molar-refractivity contribution in [1.29, 1.82) is 0 Å². The van der Waals surface area contributed by atoms with Crippen LogP contribution in [-0.4, -0.2) is 37.2 Å². The van der Waals surface area contributed by atoms with Gasteiger partial charge in [-0.2, -0.15) is 0 Å². The zero-order valence-electron chi connectivity index (χ0n) is 49.1. The number of hydrogen-bond donors (Lipinski definition) is 0. The van der Waals surface area contributed by atoms with Crippen molar-refractivity contribution in [2.75, 3.05) is 13.2 Å². The third-order valence-corrected chi connectivity index (χ3v) is 13.9. The van der Waals surface area contributed by atoms with Gasteiger partial charge < -0.3 is 14.2 Å². The van der Waals surface area contributed by atoms with Gasteiger partial charge >= 0.3 is 17.9 Å². The Morgan fingerprint density at radius 3 is 0.838 bits per heavy atom. The zero-order valence-corrected chi connectivity index (χ0v) is 49.1. The van der Waals surface area contributed by atoms with E-state index in [9.17, 15) is 14.4 Å². The molecular weight excluding hydrogens is 913 g/mol. The van der Waals surface area contributed by atoms with Crippen LogP contribution in [0.1, 0.15) is 323 Å². The normalized spacial score (nSPS) is 12.5. The number of unbranched alkanes of at least 4 members (excludes halogenated alkanes) is 35. The van der Waals surface area contributed by atoms with Crippen LogP contribution in [0.25, 0.3) is 0 Å². The van der Waals surface area contributed by atoms with E-state index in [1.165, 1.54) is 180 Å². The maximum absolute atomic E-state index is 12.9. The Morgan fingerprint density at radius 1 is 0.284 bits per heavy atom. The zero-order chi connectivity index (χ0) is 53.6. The van der Waals surface area contributed by atoms with Gasteiger partial charge in [0.1, 0.15) is 13.2 Å². The van der Waals surface area contributed by atoms with Crippen molar-refractivity contribution in [3.8, 4) is 0 Å². The van der Waals surface area contributed by atoms with Crippen LogP contribution in [0.15, 0.2) is 72.9 Å². The third-order valence-electron chi connectivity index (χ3n) is 13.9. The fourth-order valence-electron chi connectivity index (χ4n) is 9.17. The third kappa shape index (κ3) is 59.7. The molecule has 74 heavy (non-hydrogen) atoms. The molecule has 0 amide bonds. The lowest BCUT2D eigenvalue weighted by Crippen LogP contribution is -2.30. The molecule has 0 fully saturated rings. The molecule has 0 aliphatic rings. The Morgan fingerprint density at radius 2 is 0.527 bits per heavy atom. The Labute approximate surface area is 459 Å². The van der Waals surface area contributed by atoms with Crippen LogP contribution in [0.5, 0.6) is 0 Å². The Bertz CT molecular complexity index is 1370. The SMILES string of the molecule is CC/C=C\C/C=C\C/C=C\C/C=C\CCCCCCCCCCCCC(=O)OCC(COC(=O)CCCCCCC/C=C\C/C=C\CCCCCC)OC(=O)CCCCCCCCCCCCCCCCCCC. The molecular formula is C68H120O6. The van der Waals surface area contributed by atoms with Crippen molar-refractivity contribution >= 4 is 17.9 Å². The highest BCUT2D eigenvalue weighted by Crippen LogP contribution is 2.17. The smallest absolute Gasteiger partial charge is 0.306 e. The quantitative estimate of drug-likeness (QED) is 0.0261. The van der Waals surface area contributed by atoms with Gasteiger partial charge in [0.15, 0.2) is 6.10 Å². The van der Waals surface area contributed by atoms with Gasteiger partial charge in [-0.25, -0.2) is 0 Å². The van der Waals surface area contributed by atoms with Crippen molar-refractivity contribution in [2.45, 2.75) is 329 Å². The number of allylic oxidation sites excluding steroid dienone is 12. The second-order valence-corrected chi connectivity index (χ2v) is 21.3. The van der Waals surface area contributed by atoms with Crippen molar-refractivity contribution in [3.05, 3.63) is 72.9 Å². The van der Waals surface area contributed by atoms with Crippen molar-refractivity contribution in [1.82, 2.24) is 0 Å². The monoisotopic (exact) mass is 1030 g/mol. The average Bonchev–Trinajstić information content (AvgIpc) is 3.40. The standard InChI is InChI=1S/C68H120O6/c1-4-7-10-13-16-19-22-25-28-31-32-33-34-35-36-38-40-43-46-49-52-55-58-61-67(70)73-64-65(63-72-66(69)60-57-54-51-48-45-42-39-30-27-24-21-18-15-12-9-6-3)74-68(71)62-59-56-53-50-47-44-41-37-29-26-23-20-17-14-11-8-5-2/h7,10,16,19,21,24-25,28,30,32-33,39,65H,4-6,8-9,11-15,17-18,20,22-23,26-27,29,31,34-38,40-64H2,1-3H3/b10-7-,19-16-,24-21-,28-25-,33-32-,39-30-. The van der Waals surface area contributed by atoms with Crippen molar-refractivity contribution < 1.29 is 28.6 Å². The molecule has 428 valence electrons. The number of carbonyl (C=O) groups excluding carboxylic acids is 3. The molecule has 0 aromatic carbocycles. The maximum atomic E-state index is 12.9. The van der Waals surface area contributed by atoms with Gasteiger partial charge in [0.25, 0.3) is 0 Å². The van der Waals surface area contributed by atoms with Crippen LogP contribution < -0.4 is 0 Å². The fraction of sp³-hybridized carbons (Fsp3) is 0.779. The summed E-state index contributed by atoms with van der Waals surface area (Å²) in [5.74, 6) is -0.880. The first-order chi connectivity index (χ1) is 36.5. The molecule has 0 aromatic heterocycles. The van der Waals surface area contributed by atoms with E-state index in [2.05, 4.69) is 93.7 Å². The molecule has 0 aliphatic heterocycles. The van der Waals surface area contributed by atoms with E-state index in [0.29, 0.717) is 19.3 Å². The largest absolute Gasteiger partial charge is 0.462 e. The highest BCUT2D eigenvalue weighted by molar-refractivity contribution is 5.71. The molecule has 0 bridgehead atoms. The minimum Gasteiger partial charge on any atom is -0.462 e. The lowest BCUT2D eigenvalue weighted by Gasteiger charge is -2.18. The number of hydrogen-bond acceptors (Lipinski definition) is 6. The van der Waals surface area contributed by atoms with Gasteiger partial charge in [0, 0.05) is 19.3 Å². The molecule has 0 rings (SSSR count). The molecule has 0 N–H and O–H groups in total. The number of carbonyl (C=O) groups is 3. The minimum atomic E-state index is -0.782. The molecule has 0 saturated heterocycles. The topological polar surface area (TPSA) is 78.9 Å². The summed E-state index contributed by atoms with van der Waals surface area (Å²) < 4.78 is 16.9. The molecule has 0 saturated carbocycles. The maximum Gasteiger partial charge on any atom is 0.306 e. The first kappa shape index (κ1) is 70.8. The fourth-order valence-corrected chi connectivity index (χ4v) is 9.17.